The number of hydrogen-bond acceptors (Lipinski definition) is 3. The summed E-state index contributed by atoms with van der Waals surface area (Å²) in [7, 11) is 1.53. The van der Waals surface area contributed by atoms with Gasteiger partial charge in [-0.3, -0.25) is 0 Å². The minimum Gasteiger partial charge on any atom is -0.877 e. The molecule has 0 fully saturated rings. The van der Waals surface area contributed by atoms with Crippen molar-refractivity contribution in [3.05, 3.63) is 36.1 Å². The van der Waals surface area contributed by atoms with Crippen LogP contribution in [0.25, 0.3) is 5.57 Å². The van der Waals surface area contributed by atoms with Crippen molar-refractivity contribution in [2.24, 2.45) is 0 Å². The van der Waals surface area contributed by atoms with E-state index in [-0.39, 0.29) is 35.1 Å². The van der Waals surface area contributed by atoms with E-state index in [1.165, 1.54) is 7.11 Å². The maximum absolute atomic E-state index is 10.4. The number of ether oxygens (including phenoxy) is 1. The van der Waals surface area contributed by atoms with Crippen LogP contribution in [0.5, 0.6) is 5.75 Å². The zero-order valence-corrected chi connectivity index (χ0v) is 10.2. The minimum absolute atomic E-state index is 0. The summed E-state index contributed by atoms with van der Waals surface area (Å²) in [5.74, 6) is 0.632. The average Bonchev–Trinajstić information content (AvgIpc) is 2.20. The second-order valence-corrected chi connectivity index (χ2v) is 2.38. The summed E-state index contributed by atoms with van der Waals surface area (Å²) in [6.45, 7) is 0. The van der Waals surface area contributed by atoms with Crippen LogP contribution in [0.1, 0.15) is 5.56 Å². The van der Waals surface area contributed by atoms with Crippen LogP contribution < -0.4 is 39.4 Å². The summed E-state index contributed by atoms with van der Waals surface area (Å²) in [6, 6.07) is 8.63. The van der Waals surface area contributed by atoms with Crippen molar-refractivity contribution >= 4 is 5.57 Å². The van der Waals surface area contributed by atoms with E-state index in [1.54, 1.807) is 24.3 Å². The largest absolute Gasteiger partial charge is 1.00 e. The fourth-order valence-corrected chi connectivity index (χ4v) is 0.950. The van der Waals surface area contributed by atoms with Gasteiger partial charge in [-0.15, -0.1) is 6.26 Å². The minimum atomic E-state index is 0. The van der Waals surface area contributed by atoms with E-state index in [2.05, 4.69) is 0 Å². The molecule has 1 aromatic rings. The predicted molar refractivity (Wildman–Crippen MR) is 46.6 cm³/mol. The van der Waals surface area contributed by atoms with Crippen molar-refractivity contribution in [2.75, 3.05) is 7.11 Å². The van der Waals surface area contributed by atoms with Gasteiger partial charge in [0.25, 0.3) is 0 Å². The second kappa shape index (κ2) is 6.50. The second-order valence-electron chi connectivity index (χ2n) is 2.38. The van der Waals surface area contributed by atoms with Crippen LogP contribution in [0.15, 0.2) is 30.5 Å². The van der Waals surface area contributed by atoms with Crippen molar-refractivity contribution < 1.29 is 39.4 Å². The van der Waals surface area contributed by atoms with E-state index in [0.29, 0.717) is 17.6 Å². The molecule has 4 heteroatoms. The van der Waals surface area contributed by atoms with Gasteiger partial charge in [-0.05, 0) is 17.7 Å². The zero-order valence-electron chi connectivity index (χ0n) is 8.15. The monoisotopic (exact) mass is 197 g/mol. The van der Waals surface area contributed by atoms with Crippen LogP contribution >= 0.6 is 0 Å². The maximum Gasteiger partial charge on any atom is 1.00 e. The summed E-state index contributed by atoms with van der Waals surface area (Å²) in [5.41, 5.74) is 0.691. The number of nitrogens with zero attached hydrogens (tertiary/aromatic N) is 1. The Morgan fingerprint density at radius 2 is 2.29 bits per heavy atom. The first-order valence-electron chi connectivity index (χ1n) is 3.68. The van der Waals surface area contributed by atoms with Gasteiger partial charge in [0.2, 0.25) is 0 Å². The molecule has 0 amide bonds. The predicted octanol–water partition coefficient (Wildman–Crippen LogP) is -2.08. The van der Waals surface area contributed by atoms with Gasteiger partial charge in [0.1, 0.15) is 5.75 Å². The number of allylic oxidation sites excluding steroid dienone is 1. The summed E-state index contributed by atoms with van der Waals surface area (Å²) in [6.07, 6.45) is 0.536. The first-order valence-corrected chi connectivity index (χ1v) is 3.68. The molecule has 0 saturated carbocycles. The number of methoxy groups -OCH3 is 1. The van der Waals surface area contributed by atoms with Crippen LogP contribution in [0.4, 0.5) is 0 Å². The van der Waals surface area contributed by atoms with Crippen LogP contribution in [-0.4, -0.2) is 7.11 Å². The summed E-state index contributed by atoms with van der Waals surface area (Å²) in [4.78, 5) is 0. The Hall–Kier alpha value is -0.950. The number of rotatable bonds is 2. The fourth-order valence-electron chi connectivity index (χ4n) is 0.950. The topological polar surface area (TPSA) is 56.1 Å². The quantitative estimate of drug-likeness (QED) is 0.311. The Balaban J connectivity index is 0.00000169. The Morgan fingerprint density at radius 1 is 1.57 bits per heavy atom. The molecule has 0 aliphatic rings. The molecule has 0 heterocycles. The molecule has 1 aromatic carbocycles. The third-order valence-electron chi connectivity index (χ3n) is 1.62. The third kappa shape index (κ3) is 3.08. The molecule has 0 aliphatic heterocycles. The van der Waals surface area contributed by atoms with Gasteiger partial charge in [0.15, 0.2) is 0 Å². The molecule has 14 heavy (non-hydrogen) atoms. The number of benzene rings is 1. The summed E-state index contributed by atoms with van der Waals surface area (Å²) < 4.78 is 4.96. The Kier molecular flexibility index (Phi) is 6.06. The van der Waals surface area contributed by atoms with Gasteiger partial charge in [-0.1, -0.05) is 12.1 Å². The van der Waals surface area contributed by atoms with E-state index in [9.17, 15) is 5.11 Å². The molecule has 0 aliphatic carbocycles. The molecule has 3 nitrogen and oxygen atoms in total. The van der Waals surface area contributed by atoms with Gasteiger partial charge < -0.3 is 9.84 Å². The normalized spacial score (nSPS) is 9.86. The molecule has 0 N–H and O–H groups in total. The van der Waals surface area contributed by atoms with E-state index < -0.39 is 0 Å². The van der Waals surface area contributed by atoms with Crippen LogP contribution in [0.2, 0.25) is 0 Å². The van der Waals surface area contributed by atoms with Crippen LogP contribution in [-0.2, 0) is 0 Å². The smallest absolute Gasteiger partial charge is 0.877 e. The SMILES string of the molecule is COc1cccc(/C(C#N)=C\[O-])c1.[Na+]. The van der Waals surface area contributed by atoms with Gasteiger partial charge in [0.05, 0.1) is 13.2 Å². The maximum atomic E-state index is 10.4. The van der Waals surface area contributed by atoms with E-state index >= 15 is 0 Å². The third-order valence-corrected chi connectivity index (χ3v) is 1.62. The number of nitriles is 1. The van der Waals surface area contributed by atoms with Crippen molar-refractivity contribution in [1.82, 2.24) is 0 Å². The molecule has 0 saturated heterocycles. The van der Waals surface area contributed by atoms with Crippen molar-refractivity contribution in [3.8, 4) is 11.8 Å². The Bertz CT molecular complexity index is 369. The summed E-state index contributed by atoms with van der Waals surface area (Å²) >= 11 is 0. The molecule has 1 rings (SSSR count). The first kappa shape index (κ1) is 13.1. The van der Waals surface area contributed by atoms with Crippen molar-refractivity contribution in [3.63, 3.8) is 0 Å². The fraction of sp³-hybridized carbons (Fsp3) is 0.100. The molecule has 0 spiro atoms. The molecule has 0 unspecified atom stereocenters. The van der Waals surface area contributed by atoms with Gasteiger partial charge >= 0.3 is 29.6 Å². The van der Waals surface area contributed by atoms with Gasteiger partial charge in [-0.2, -0.15) is 5.26 Å². The van der Waals surface area contributed by atoms with Crippen molar-refractivity contribution in [1.29, 1.82) is 5.26 Å². The van der Waals surface area contributed by atoms with Crippen LogP contribution in [0.3, 0.4) is 0 Å². The standard InChI is InChI=1S/C10H9NO2.Na/c1-13-10-4-2-3-8(5-10)9(6-11)7-12;/h2-5,7,12H,1H3;/q;+1/p-1/b9-7-;. The molecule has 66 valence electrons. The van der Waals surface area contributed by atoms with Gasteiger partial charge in [-0.25, -0.2) is 0 Å². The molecule has 0 atom stereocenters. The Labute approximate surface area is 105 Å². The van der Waals surface area contributed by atoms with Gasteiger partial charge in [0, 0.05) is 5.57 Å². The van der Waals surface area contributed by atoms with Crippen molar-refractivity contribution in [2.45, 2.75) is 0 Å². The summed E-state index contributed by atoms with van der Waals surface area (Å²) in [5, 5.41) is 19.0. The average molecular weight is 197 g/mol. The van der Waals surface area contributed by atoms with Crippen LogP contribution in [0, 0.1) is 11.3 Å². The zero-order chi connectivity index (χ0) is 9.68. The van der Waals surface area contributed by atoms with E-state index in [1.807, 2.05) is 6.07 Å². The molecular weight excluding hydrogens is 189 g/mol. The Morgan fingerprint density at radius 3 is 2.79 bits per heavy atom. The molecule has 0 aromatic heterocycles. The first-order chi connectivity index (χ1) is 6.31. The number of hydrogen-bond donors (Lipinski definition) is 0. The molecule has 0 radical (unpaired) electrons. The molecular formula is C10H8NNaO2. The van der Waals surface area contributed by atoms with E-state index in [4.69, 9.17) is 10.00 Å². The van der Waals surface area contributed by atoms with E-state index in [0.717, 1.165) is 0 Å². The molecule has 0 bridgehead atoms.